The van der Waals surface area contributed by atoms with Crippen molar-refractivity contribution in [1.29, 1.82) is 0 Å². The van der Waals surface area contributed by atoms with Gasteiger partial charge in [0.15, 0.2) is 6.10 Å². The minimum absolute atomic E-state index is 0.261. The normalized spacial score (nSPS) is 12.0. The van der Waals surface area contributed by atoms with Gasteiger partial charge in [0.05, 0.1) is 16.8 Å². The van der Waals surface area contributed by atoms with Crippen LogP contribution >= 0.6 is 0 Å². The highest BCUT2D eigenvalue weighted by molar-refractivity contribution is 6.11. The van der Waals surface area contributed by atoms with Gasteiger partial charge >= 0.3 is 5.97 Å². The van der Waals surface area contributed by atoms with Crippen LogP contribution in [0.5, 0.6) is 0 Å². The average molecular weight is 421 g/mol. The lowest BCUT2D eigenvalue weighted by Gasteiger charge is -2.14. The van der Waals surface area contributed by atoms with Gasteiger partial charge in [0.2, 0.25) is 5.78 Å². The molecule has 0 aliphatic rings. The highest BCUT2D eigenvalue weighted by Crippen LogP contribution is 2.26. The van der Waals surface area contributed by atoms with Gasteiger partial charge in [0, 0.05) is 46.0 Å². The van der Waals surface area contributed by atoms with E-state index >= 15 is 0 Å². The van der Waals surface area contributed by atoms with E-state index in [1.807, 2.05) is 60.7 Å². The van der Waals surface area contributed by atoms with Gasteiger partial charge in [-0.2, -0.15) is 0 Å². The van der Waals surface area contributed by atoms with E-state index in [-0.39, 0.29) is 5.78 Å². The van der Waals surface area contributed by atoms with Gasteiger partial charge in [-0.15, -0.1) is 0 Å². The van der Waals surface area contributed by atoms with Crippen molar-refractivity contribution in [3.05, 3.63) is 96.4 Å². The summed E-state index contributed by atoms with van der Waals surface area (Å²) in [5.41, 5.74) is 3.86. The second-order valence-corrected chi connectivity index (χ2v) is 7.47. The first-order valence-electron chi connectivity index (χ1n) is 10.2. The summed E-state index contributed by atoms with van der Waals surface area (Å²) in [4.78, 5) is 38.0. The summed E-state index contributed by atoms with van der Waals surface area (Å²) in [5, 5.41) is 1.47. The number of hydrogen-bond donors (Lipinski definition) is 1. The lowest BCUT2D eigenvalue weighted by atomic mass is 10.0. The van der Waals surface area contributed by atoms with Crippen molar-refractivity contribution in [2.24, 2.45) is 0 Å². The van der Waals surface area contributed by atoms with Crippen LogP contribution in [0.25, 0.3) is 33.1 Å². The van der Waals surface area contributed by atoms with Gasteiger partial charge in [0.1, 0.15) is 0 Å². The van der Waals surface area contributed by atoms with Crippen molar-refractivity contribution in [2.45, 2.75) is 13.0 Å². The third kappa shape index (κ3) is 3.52. The van der Waals surface area contributed by atoms with E-state index in [0.29, 0.717) is 27.7 Å². The number of esters is 1. The molecule has 0 fully saturated rings. The Morgan fingerprint density at radius 1 is 0.906 bits per heavy atom. The lowest BCUT2D eigenvalue weighted by Crippen LogP contribution is -2.24. The summed E-state index contributed by atoms with van der Waals surface area (Å²) in [6.07, 6.45) is 4.05. The molecule has 5 rings (SSSR count). The van der Waals surface area contributed by atoms with Crippen LogP contribution in [0.4, 0.5) is 0 Å². The van der Waals surface area contributed by atoms with Crippen LogP contribution in [-0.4, -0.2) is 32.8 Å². The van der Waals surface area contributed by atoms with E-state index in [9.17, 15) is 9.59 Å². The van der Waals surface area contributed by atoms with Crippen molar-refractivity contribution in [1.82, 2.24) is 15.0 Å². The number of Topliss-reactive ketones (excluding diaryl/α,β-unsaturated/α-hetero) is 1. The zero-order valence-corrected chi connectivity index (χ0v) is 17.3. The Kier molecular flexibility index (Phi) is 4.95. The van der Waals surface area contributed by atoms with Crippen molar-refractivity contribution >= 4 is 33.6 Å². The minimum Gasteiger partial charge on any atom is -0.451 e. The Balaban J connectivity index is 1.48. The second-order valence-electron chi connectivity index (χ2n) is 7.47. The van der Waals surface area contributed by atoms with Gasteiger partial charge in [0.25, 0.3) is 0 Å². The number of rotatable bonds is 5. The van der Waals surface area contributed by atoms with Crippen molar-refractivity contribution in [3.63, 3.8) is 0 Å². The van der Waals surface area contributed by atoms with E-state index in [1.165, 1.54) is 0 Å². The number of ether oxygens (including phenoxy) is 1. The maximum Gasteiger partial charge on any atom is 0.339 e. The number of benzene rings is 2. The molecule has 0 aliphatic carbocycles. The smallest absolute Gasteiger partial charge is 0.339 e. The molecule has 0 spiro atoms. The molecular weight excluding hydrogens is 402 g/mol. The van der Waals surface area contributed by atoms with Crippen LogP contribution < -0.4 is 0 Å². The molecule has 0 saturated heterocycles. The third-order valence-corrected chi connectivity index (χ3v) is 5.42. The van der Waals surface area contributed by atoms with Crippen LogP contribution in [0.2, 0.25) is 0 Å². The number of nitrogens with one attached hydrogen (secondary N) is 1. The first kappa shape index (κ1) is 19.6. The monoisotopic (exact) mass is 421 g/mol. The molecular formula is C26H19N3O3. The molecule has 1 atom stereocenters. The molecule has 3 heterocycles. The maximum absolute atomic E-state index is 13.2. The van der Waals surface area contributed by atoms with Crippen molar-refractivity contribution < 1.29 is 14.3 Å². The standard InChI is InChI=1S/C26H19N3O3/c1-16(25(30)21-15-28-22-8-4-2-7-19(21)22)32-26(31)20-14-24(17-10-12-27-13-11-17)29-23-9-5-3-6-18(20)23/h2-16,28H,1H3. The van der Waals surface area contributed by atoms with Crippen LogP contribution in [0.3, 0.4) is 0 Å². The van der Waals surface area contributed by atoms with E-state index in [1.54, 1.807) is 31.6 Å². The fraction of sp³-hybridized carbons (Fsp3) is 0.0769. The van der Waals surface area contributed by atoms with Crippen LogP contribution in [0, 0.1) is 0 Å². The molecule has 32 heavy (non-hydrogen) atoms. The molecule has 0 bridgehead atoms. The molecule has 0 saturated carbocycles. The molecule has 5 aromatic rings. The fourth-order valence-corrected chi connectivity index (χ4v) is 3.79. The Morgan fingerprint density at radius 3 is 2.44 bits per heavy atom. The third-order valence-electron chi connectivity index (χ3n) is 5.42. The summed E-state index contributed by atoms with van der Waals surface area (Å²) in [6.45, 7) is 1.59. The minimum atomic E-state index is -0.946. The SMILES string of the molecule is CC(OC(=O)c1cc(-c2ccncc2)nc2ccccc12)C(=O)c1c[nH]c2ccccc12. The first-order chi connectivity index (χ1) is 15.6. The quantitative estimate of drug-likeness (QED) is 0.311. The number of fused-ring (bicyclic) bond motifs is 2. The second kappa shape index (κ2) is 8.07. The average Bonchev–Trinajstić information content (AvgIpc) is 3.27. The highest BCUT2D eigenvalue weighted by atomic mass is 16.5. The van der Waals surface area contributed by atoms with Gasteiger partial charge in [-0.1, -0.05) is 36.4 Å². The number of carbonyl (C=O) groups excluding carboxylic acids is 2. The first-order valence-corrected chi connectivity index (χ1v) is 10.2. The number of pyridine rings is 2. The summed E-state index contributed by atoms with van der Waals surface area (Å²) >= 11 is 0. The molecule has 156 valence electrons. The lowest BCUT2D eigenvalue weighted by molar-refractivity contribution is 0.0321. The van der Waals surface area contributed by atoms with E-state index in [4.69, 9.17) is 4.74 Å². The van der Waals surface area contributed by atoms with E-state index < -0.39 is 12.1 Å². The van der Waals surface area contributed by atoms with E-state index in [0.717, 1.165) is 16.5 Å². The summed E-state index contributed by atoms with van der Waals surface area (Å²) in [7, 11) is 0. The molecule has 0 amide bonds. The van der Waals surface area contributed by atoms with Crippen molar-refractivity contribution in [3.8, 4) is 11.3 Å². The summed E-state index contributed by atoms with van der Waals surface area (Å²) in [6, 6.07) is 20.3. The molecule has 0 aliphatic heterocycles. The predicted octanol–water partition coefficient (Wildman–Crippen LogP) is 5.21. The molecule has 1 unspecified atom stereocenters. The summed E-state index contributed by atoms with van der Waals surface area (Å²) in [5.74, 6) is -0.830. The molecule has 1 N–H and O–H groups in total. The molecule has 2 aromatic carbocycles. The predicted molar refractivity (Wildman–Crippen MR) is 122 cm³/mol. The number of para-hydroxylation sites is 2. The van der Waals surface area contributed by atoms with Gasteiger partial charge < -0.3 is 9.72 Å². The van der Waals surface area contributed by atoms with Gasteiger partial charge in [-0.25, -0.2) is 9.78 Å². The van der Waals surface area contributed by atoms with Crippen LogP contribution in [-0.2, 0) is 4.74 Å². The zero-order chi connectivity index (χ0) is 22.1. The number of carbonyl (C=O) groups is 2. The number of hydrogen-bond acceptors (Lipinski definition) is 5. The number of aromatic nitrogens is 3. The Labute approximate surface area is 183 Å². The Bertz CT molecular complexity index is 1460. The molecule has 3 aromatic heterocycles. The Morgan fingerprint density at radius 2 is 1.62 bits per heavy atom. The number of H-pyrrole nitrogens is 1. The fourth-order valence-electron chi connectivity index (χ4n) is 3.79. The van der Waals surface area contributed by atoms with Gasteiger partial charge in [-0.05, 0) is 37.3 Å². The van der Waals surface area contributed by atoms with Crippen LogP contribution in [0.15, 0.2) is 85.3 Å². The number of aromatic amines is 1. The highest BCUT2D eigenvalue weighted by Gasteiger charge is 2.24. The maximum atomic E-state index is 13.2. The Hall–Kier alpha value is -4.32. The molecule has 0 radical (unpaired) electrons. The van der Waals surface area contributed by atoms with Crippen LogP contribution in [0.1, 0.15) is 27.6 Å². The van der Waals surface area contributed by atoms with Crippen molar-refractivity contribution in [2.75, 3.05) is 0 Å². The topological polar surface area (TPSA) is 84.9 Å². The van der Waals surface area contributed by atoms with Gasteiger partial charge in [-0.3, -0.25) is 9.78 Å². The van der Waals surface area contributed by atoms with E-state index in [2.05, 4.69) is 15.0 Å². The summed E-state index contributed by atoms with van der Waals surface area (Å²) < 4.78 is 5.63. The zero-order valence-electron chi connectivity index (χ0n) is 17.3. The number of ketones is 1. The molecule has 6 heteroatoms. The molecule has 6 nitrogen and oxygen atoms in total. The largest absolute Gasteiger partial charge is 0.451 e. The number of nitrogens with zero attached hydrogens (tertiary/aromatic N) is 2.